The Morgan fingerprint density at radius 1 is 1.43 bits per heavy atom. The smallest absolute Gasteiger partial charge is 0.174 e. The first-order valence-electron chi connectivity index (χ1n) is 4.76. The normalized spacial score (nSPS) is 14.7. The Balaban J connectivity index is 2.83. The van der Waals surface area contributed by atoms with E-state index in [9.17, 15) is 0 Å². The molecule has 5 heteroatoms. The molecule has 1 aromatic heterocycles. The maximum Gasteiger partial charge on any atom is 0.174 e. The number of aromatic nitrogens is 2. The van der Waals surface area contributed by atoms with Crippen LogP contribution in [0.2, 0.25) is 13.1 Å². The summed E-state index contributed by atoms with van der Waals surface area (Å²) < 4.78 is 10.2. The second-order valence-electron chi connectivity index (χ2n) is 4.67. The Labute approximate surface area is 91.4 Å². The Kier molecular flexibility index (Phi) is 3.80. The van der Waals surface area contributed by atoms with Gasteiger partial charge >= 0.3 is 0 Å². The molecular formula is C9H17N2OSSi. The first kappa shape index (κ1) is 11.8. The minimum Gasteiger partial charge on any atom is -0.410 e. The van der Waals surface area contributed by atoms with Gasteiger partial charge in [0.1, 0.15) is 6.10 Å². The monoisotopic (exact) mass is 229 g/mol. The van der Waals surface area contributed by atoms with Gasteiger partial charge in [-0.05, 0) is 30.0 Å². The van der Waals surface area contributed by atoms with Gasteiger partial charge in [-0.1, -0.05) is 20.8 Å². The van der Waals surface area contributed by atoms with Gasteiger partial charge in [-0.15, -0.1) is 0 Å². The first-order chi connectivity index (χ1) is 6.41. The summed E-state index contributed by atoms with van der Waals surface area (Å²) in [5.41, 5.74) is 2.82. The van der Waals surface area contributed by atoms with Gasteiger partial charge in [-0.2, -0.15) is 4.37 Å². The van der Waals surface area contributed by atoms with E-state index in [0.717, 1.165) is 5.82 Å². The molecule has 1 aromatic rings. The van der Waals surface area contributed by atoms with Crippen LogP contribution in [-0.2, 0) is 4.43 Å². The van der Waals surface area contributed by atoms with Gasteiger partial charge in [-0.3, -0.25) is 0 Å². The van der Waals surface area contributed by atoms with Gasteiger partial charge in [0.25, 0.3) is 0 Å². The van der Waals surface area contributed by atoms with Crippen LogP contribution in [-0.4, -0.2) is 18.4 Å². The van der Waals surface area contributed by atoms with Crippen LogP contribution in [0, 0.1) is 10.9 Å². The Morgan fingerprint density at radius 2 is 2.07 bits per heavy atom. The zero-order valence-electron chi connectivity index (χ0n) is 9.37. The molecule has 0 aliphatic heterocycles. The third kappa shape index (κ3) is 3.15. The predicted molar refractivity (Wildman–Crippen MR) is 60.9 cm³/mol. The lowest BCUT2D eigenvalue weighted by molar-refractivity contribution is 0.0796. The van der Waals surface area contributed by atoms with E-state index in [1.54, 1.807) is 0 Å². The van der Waals surface area contributed by atoms with Crippen LogP contribution in [0.1, 0.15) is 32.7 Å². The fraction of sp³-hybridized carbons (Fsp3) is 0.778. The zero-order valence-corrected chi connectivity index (χ0v) is 11.3. The average molecular weight is 229 g/mol. The molecule has 1 heterocycles. The molecule has 0 aromatic carbocycles. The summed E-state index contributed by atoms with van der Waals surface area (Å²) in [7, 11) is -1.06. The highest BCUT2D eigenvalue weighted by Crippen LogP contribution is 2.34. The molecule has 14 heavy (non-hydrogen) atoms. The van der Waals surface area contributed by atoms with Crippen molar-refractivity contribution in [1.29, 1.82) is 0 Å². The molecule has 0 aliphatic carbocycles. The van der Waals surface area contributed by atoms with Crippen LogP contribution in [0.5, 0.6) is 0 Å². The molecule has 1 unspecified atom stereocenters. The largest absolute Gasteiger partial charge is 0.410 e. The molecule has 0 bridgehead atoms. The lowest BCUT2D eigenvalue weighted by Gasteiger charge is -2.30. The van der Waals surface area contributed by atoms with Crippen LogP contribution in [0.15, 0.2) is 0 Å². The van der Waals surface area contributed by atoms with Gasteiger partial charge in [0, 0.05) is 0 Å². The molecule has 79 valence electrons. The van der Waals surface area contributed by atoms with Crippen LogP contribution in [0.4, 0.5) is 0 Å². The number of nitrogens with zero attached hydrogens (tertiary/aromatic N) is 2. The van der Waals surface area contributed by atoms with Crippen molar-refractivity contribution in [3.8, 4) is 0 Å². The maximum absolute atomic E-state index is 5.96. The van der Waals surface area contributed by atoms with Crippen molar-refractivity contribution < 1.29 is 4.43 Å². The van der Waals surface area contributed by atoms with E-state index in [1.165, 1.54) is 11.5 Å². The maximum atomic E-state index is 5.96. The molecular weight excluding hydrogens is 212 g/mol. The molecule has 1 rings (SSSR count). The number of hydrogen-bond donors (Lipinski definition) is 0. The van der Waals surface area contributed by atoms with Crippen molar-refractivity contribution in [2.75, 3.05) is 0 Å². The van der Waals surface area contributed by atoms with Gasteiger partial charge in [-0.25, -0.2) is 4.98 Å². The second-order valence-corrected chi connectivity index (χ2v) is 7.59. The van der Waals surface area contributed by atoms with Crippen LogP contribution < -0.4 is 0 Å². The lowest BCUT2D eigenvalue weighted by Crippen LogP contribution is -2.26. The van der Waals surface area contributed by atoms with Gasteiger partial charge in [0.15, 0.2) is 20.4 Å². The Morgan fingerprint density at radius 3 is 2.43 bits per heavy atom. The second kappa shape index (κ2) is 4.50. The van der Waals surface area contributed by atoms with Crippen LogP contribution >= 0.6 is 11.5 Å². The summed E-state index contributed by atoms with van der Waals surface area (Å²) in [6.45, 7) is 10.8. The summed E-state index contributed by atoms with van der Waals surface area (Å²) >= 11 is 1.26. The molecule has 1 radical (unpaired) electrons. The lowest BCUT2D eigenvalue weighted by atomic mass is 9.89. The molecule has 0 aliphatic rings. The molecule has 0 amide bonds. The van der Waals surface area contributed by atoms with Gasteiger partial charge < -0.3 is 4.43 Å². The van der Waals surface area contributed by atoms with E-state index in [0.29, 0.717) is 0 Å². The highest BCUT2D eigenvalue weighted by Gasteiger charge is 2.30. The summed E-state index contributed by atoms with van der Waals surface area (Å²) in [5, 5.41) is 0. The molecule has 0 spiro atoms. The molecule has 3 nitrogen and oxygen atoms in total. The van der Waals surface area contributed by atoms with E-state index in [1.807, 2.05) is 0 Å². The van der Waals surface area contributed by atoms with E-state index < -0.39 is 9.04 Å². The highest BCUT2D eigenvalue weighted by molar-refractivity contribution is 7.02. The minimum absolute atomic E-state index is 0.0108. The van der Waals surface area contributed by atoms with Crippen molar-refractivity contribution in [2.45, 2.75) is 40.0 Å². The summed E-state index contributed by atoms with van der Waals surface area (Å²) in [6, 6.07) is 0. The summed E-state index contributed by atoms with van der Waals surface area (Å²) in [6.07, 6.45) is 0.0108. The molecule has 0 saturated carbocycles. The molecule has 0 saturated heterocycles. The van der Waals surface area contributed by atoms with E-state index in [-0.39, 0.29) is 11.5 Å². The number of rotatable bonds is 3. The highest BCUT2D eigenvalue weighted by atomic mass is 32.1. The van der Waals surface area contributed by atoms with Crippen molar-refractivity contribution in [1.82, 2.24) is 9.36 Å². The van der Waals surface area contributed by atoms with Crippen molar-refractivity contribution in [3.63, 3.8) is 0 Å². The van der Waals surface area contributed by atoms with E-state index in [4.69, 9.17) is 4.43 Å². The fourth-order valence-electron chi connectivity index (χ4n) is 1.19. The molecule has 1 atom stereocenters. The van der Waals surface area contributed by atoms with Crippen LogP contribution in [0.25, 0.3) is 0 Å². The summed E-state index contributed by atoms with van der Waals surface area (Å²) in [4.78, 5) is 4.12. The van der Waals surface area contributed by atoms with Crippen molar-refractivity contribution >= 4 is 20.6 Å². The first-order valence-corrected chi connectivity index (χ1v) is 8.32. The SMILES string of the molecule is C[SiH](C)OC(c1n[c]sn1)C(C)(C)C. The molecule has 0 N–H and O–H groups in total. The van der Waals surface area contributed by atoms with Gasteiger partial charge in [0.2, 0.25) is 0 Å². The third-order valence-electron chi connectivity index (χ3n) is 1.77. The fourth-order valence-corrected chi connectivity index (χ4v) is 2.67. The van der Waals surface area contributed by atoms with Crippen LogP contribution in [0.3, 0.4) is 0 Å². The van der Waals surface area contributed by atoms with E-state index in [2.05, 4.69) is 48.7 Å². The predicted octanol–water partition coefficient (Wildman–Crippen LogP) is 2.43. The summed E-state index contributed by atoms with van der Waals surface area (Å²) in [5.74, 6) is 0.781. The Bertz CT molecular complexity index is 269. The van der Waals surface area contributed by atoms with Gasteiger partial charge in [0.05, 0.1) is 0 Å². The number of hydrogen-bond acceptors (Lipinski definition) is 4. The average Bonchev–Trinajstić information content (AvgIpc) is 2.49. The van der Waals surface area contributed by atoms with Crippen molar-refractivity contribution in [2.24, 2.45) is 5.41 Å². The van der Waals surface area contributed by atoms with Crippen molar-refractivity contribution in [3.05, 3.63) is 11.3 Å². The topological polar surface area (TPSA) is 35.0 Å². The third-order valence-corrected chi connectivity index (χ3v) is 3.04. The van der Waals surface area contributed by atoms with E-state index >= 15 is 0 Å². The zero-order chi connectivity index (χ0) is 10.8. The molecule has 0 fully saturated rings. The quantitative estimate of drug-likeness (QED) is 0.747. The Hall–Kier alpha value is -0.263. The minimum atomic E-state index is -1.06. The standard InChI is InChI=1S/C9H17N2OSSi/c1-9(2,3)7(12-14(4)5)8-10-6-13-11-8/h7,14H,1-5H3.